The SMILES string of the molecule is CCOC(=O)N1CCN(C=C(C#N)S(=O)(=O)c2ccc(Cl)cc2)CC1. The topological polar surface area (TPSA) is 90.7 Å². The first-order valence-corrected chi connectivity index (χ1v) is 9.53. The Morgan fingerprint density at radius 2 is 1.88 bits per heavy atom. The van der Waals surface area contributed by atoms with Crippen LogP contribution in [-0.4, -0.2) is 57.1 Å². The Morgan fingerprint density at radius 1 is 1.28 bits per heavy atom. The number of carbonyl (C=O) groups is 1. The van der Waals surface area contributed by atoms with Crippen molar-refractivity contribution in [1.82, 2.24) is 9.80 Å². The molecule has 0 radical (unpaired) electrons. The van der Waals surface area contributed by atoms with Gasteiger partial charge in [-0.15, -0.1) is 0 Å². The van der Waals surface area contributed by atoms with E-state index in [2.05, 4.69) is 0 Å². The van der Waals surface area contributed by atoms with Gasteiger partial charge in [-0.2, -0.15) is 5.26 Å². The average molecular weight is 384 g/mol. The second-order valence-electron chi connectivity index (χ2n) is 5.28. The Kier molecular flexibility index (Phi) is 6.28. The van der Waals surface area contributed by atoms with Crippen LogP contribution in [0.15, 0.2) is 40.3 Å². The summed E-state index contributed by atoms with van der Waals surface area (Å²) in [6.07, 6.45) is 0.937. The van der Waals surface area contributed by atoms with Gasteiger partial charge in [0.15, 0.2) is 4.91 Å². The van der Waals surface area contributed by atoms with Crippen molar-refractivity contribution in [1.29, 1.82) is 5.26 Å². The summed E-state index contributed by atoms with van der Waals surface area (Å²) in [5.74, 6) is 0. The summed E-state index contributed by atoms with van der Waals surface area (Å²) in [4.78, 5) is 14.6. The number of hydrogen-bond acceptors (Lipinski definition) is 6. The average Bonchev–Trinajstić information content (AvgIpc) is 2.60. The smallest absolute Gasteiger partial charge is 0.409 e. The van der Waals surface area contributed by atoms with Gasteiger partial charge in [0, 0.05) is 37.4 Å². The van der Waals surface area contributed by atoms with Crippen molar-refractivity contribution in [2.24, 2.45) is 0 Å². The summed E-state index contributed by atoms with van der Waals surface area (Å²) in [5, 5.41) is 9.70. The third-order valence-corrected chi connectivity index (χ3v) is 5.58. The number of carbonyl (C=O) groups excluding carboxylic acids is 1. The Bertz CT molecular complexity index is 792. The number of halogens is 1. The molecule has 1 fully saturated rings. The Labute approximate surface area is 152 Å². The summed E-state index contributed by atoms with van der Waals surface area (Å²) >= 11 is 5.77. The second kappa shape index (κ2) is 8.23. The number of sulfone groups is 1. The lowest BCUT2D eigenvalue weighted by Gasteiger charge is -2.33. The molecule has 0 atom stereocenters. The molecule has 1 amide bonds. The van der Waals surface area contributed by atoms with Gasteiger partial charge in [-0.3, -0.25) is 0 Å². The number of nitrogens with zero attached hydrogens (tertiary/aromatic N) is 3. The molecule has 1 aromatic rings. The Balaban J connectivity index is 2.12. The van der Waals surface area contributed by atoms with Crippen LogP contribution < -0.4 is 0 Å². The van der Waals surface area contributed by atoms with Crippen LogP contribution in [0.5, 0.6) is 0 Å². The molecular formula is C16H18ClN3O4S. The molecule has 0 saturated carbocycles. The molecule has 1 heterocycles. The van der Waals surface area contributed by atoms with Gasteiger partial charge in [-0.05, 0) is 31.2 Å². The number of hydrogen-bond donors (Lipinski definition) is 0. The predicted octanol–water partition coefficient (Wildman–Crippen LogP) is 2.25. The van der Waals surface area contributed by atoms with Crippen LogP contribution in [0.4, 0.5) is 4.79 Å². The lowest BCUT2D eigenvalue weighted by Crippen LogP contribution is -2.47. The van der Waals surface area contributed by atoms with Crippen LogP contribution >= 0.6 is 11.6 Å². The van der Waals surface area contributed by atoms with Crippen molar-refractivity contribution < 1.29 is 17.9 Å². The van der Waals surface area contributed by atoms with Crippen molar-refractivity contribution in [3.8, 4) is 6.07 Å². The Hall–Kier alpha value is -2.24. The molecule has 1 saturated heterocycles. The molecule has 7 nitrogen and oxygen atoms in total. The first-order chi connectivity index (χ1) is 11.9. The molecule has 1 aliphatic heterocycles. The summed E-state index contributed by atoms with van der Waals surface area (Å²) in [7, 11) is -3.91. The van der Waals surface area contributed by atoms with Gasteiger partial charge in [-0.1, -0.05) is 11.6 Å². The molecule has 9 heteroatoms. The van der Waals surface area contributed by atoms with E-state index in [1.807, 2.05) is 0 Å². The van der Waals surface area contributed by atoms with E-state index in [9.17, 15) is 18.5 Å². The van der Waals surface area contributed by atoms with Crippen LogP contribution in [-0.2, 0) is 14.6 Å². The third-order valence-electron chi connectivity index (χ3n) is 3.66. The maximum absolute atomic E-state index is 12.6. The van der Waals surface area contributed by atoms with E-state index in [0.717, 1.165) is 0 Å². The van der Waals surface area contributed by atoms with Gasteiger partial charge in [0.2, 0.25) is 9.84 Å². The maximum Gasteiger partial charge on any atom is 0.409 e. The number of rotatable bonds is 4. The zero-order valence-electron chi connectivity index (χ0n) is 13.7. The molecule has 0 spiro atoms. The number of ether oxygens (including phenoxy) is 1. The van der Waals surface area contributed by atoms with Crippen LogP contribution in [0.25, 0.3) is 0 Å². The van der Waals surface area contributed by atoms with Crippen LogP contribution in [0.1, 0.15) is 6.92 Å². The van der Waals surface area contributed by atoms with Crippen molar-refractivity contribution in [2.75, 3.05) is 32.8 Å². The second-order valence-corrected chi connectivity index (χ2v) is 7.64. The number of nitriles is 1. The van der Waals surface area contributed by atoms with E-state index in [4.69, 9.17) is 16.3 Å². The minimum Gasteiger partial charge on any atom is -0.450 e. The van der Waals surface area contributed by atoms with Crippen molar-refractivity contribution in [3.05, 3.63) is 40.4 Å². The molecule has 0 N–H and O–H groups in total. The van der Waals surface area contributed by atoms with Crippen molar-refractivity contribution in [3.63, 3.8) is 0 Å². The zero-order chi connectivity index (χ0) is 18.4. The summed E-state index contributed by atoms with van der Waals surface area (Å²) in [5.41, 5.74) is 0. The lowest BCUT2D eigenvalue weighted by atomic mass is 10.3. The van der Waals surface area contributed by atoms with Crippen LogP contribution in [0, 0.1) is 11.3 Å². The van der Waals surface area contributed by atoms with E-state index in [-0.39, 0.29) is 15.9 Å². The molecule has 0 bridgehead atoms. The molecule has 134 valence electrons. The van der Waals surface area contributed by atoms with E-state index < -0.39 is 9.84 Å². The fourth-order valence-electron chi connectivity index (χ4n) is 2.31. The molecule has 1 aromatic carbocycles. The van der Waals surface area contributed by atoms with Crippen LogP contribution in [0.2, 0.25) is 5.02 Å². The minimum absolute atomic E-state index is 0.00913. The molecule has 2 rings (SSSR count). The van der Waals surface area contributed by atoms with Crippen molar-refractivity contribution >= 4 is 27.5 Å². The number of allylic oxidation sites excluding steroid dienone is 1. The standard InChI is InChI=1S/C16H18ClN3O4S/c1-2-24-16(21)20-9-7-19(8-10-20)12-15(11-18)25(22,23)14-5-3-13(17)4-6-14/h3-6,12H,2,7-10H2,1H3. The maximum atomic E-state index is 12.6. The fourth-order valence-corrected chi connectivity index (χ4v) is 3.60. The van der Waals surface area contributed by atoms with Crippen molar-refractivity contribution in [2.45, 2.75) is 11.8 Å². The number of piperazine rings is 1. The quantitative estimate of drug-likeness (QED) is 0.740. The highest BCUT2D eigenvalue weighted by atomic mass is 35.5. The highest BCUT2D eigenvalue weighted by Crippen LogP contribution is 2.21. The van der Waals surface area contributed by atoms with Gasteiger partial charge in [0.1, 0.15) is 6.07 Å². The van der Waals surface area contributed by atoms with E-state index in [1.54, 1.807) is 22.8 Å². The van der Waals surface area contributed by atoms with Gasteiger partial charge in [0.25, 0.3) is 0 Å². The Morgan fingerprint density at radius 3 is 2.40 bits per heavy atom. The van der Waals surface area contributed by atoms with E-state index in [1.165, 1.54) is 30.5 Å². The highest BCUT2D eigenvalue weighted by Gasteiger charge is 2.25. The lowest BCUT2D eigenvalue weighted by molar-refractivity contribution is 0.0890. The first-order valence-electron chi connectivity index (χ1n) is 7.66. The van der Waals surface area contributed by atoms with Crippen LogP contribution in [0.3, 0.4) is 0 Å². The molecule has 0 unspecified atom stereocenters. The summed E-state index contributed by atoms with van der Waals surface area (Å²) < 4.78 is 30.1. The normalized spacial score (nSPS) is 15.6. The first kappa shape index (κ1) is 19.1. The summed E-state index contributed by atoms with van der Waals surface area (Å²) in [6, 6.07) is 7.40. The molecule has 0 aliphatic carbocycles. The summed E-state index contributed by atoms with van der Waals surface area (Å²) in [6.45, 7) is 3.67. The molecule has 1 aliphatic rings. The van der Waals surface area contributed by atoms with E-state index >= 15 is 0 Å². The minimum atomic E-state index is -3.91. The molecule has 25 heavy (non-hydrogen) atoms. The van der Waals surface area contributed by atoms with E-state index in [0.29, 0.717) is 37.8 Å². The third kappa shape index (κ3) is 4.65. The van der Waals surface area contributed by atoms with Gasteiger partial charge < -0.3 is 14.5 Å². The van der Waals surface area contributed by atoms with Gasteiger partial charge in [-0.25, -0.2) is 13.2 Å². The molecular weight excluding hydrogens is 366 g/mol. The fraction of sp³-hybridized carbons (Fsp3) is 0.375. The number of benzene rings is 1. The largest absolute Gasteiger partial charge is 0.450 e. The monoisotopic (exact) mass is 383 g/mol. The highest BCUT2D eigenvalue weighted by molar-refractivity contribution is 7.95. The van der Waals surface area contributed by atoms with Gasteiger partial charge >= 0.3 is 6.09 Å². The zero-order valence-corrected chi connectivity index (χ0v) is 15.3. The number of amides is 1. The molecule has 0 aromatic heterocycles. The van der Waals surface area contributed by atoms with Gasteiger partial charge in [0.05, 0.1) is 11.5 Å². The predicted molar refractivity (Wildman–Crippen MR) is 92.5 cm³/mol.